The van der Waals surface area contributed by atoms with Crippen LogP contribution in [0.5, 0.6) is 11.6 Å². The smallest absolute Gasteiger partial charge is 0.233 e. The van der Waals surface area contributed by atoms with Crippen LogP contribution in [0.15, 0.2) is 48.8 Å². The second-order valence-electron chi connectivity index (χ2n) is 7.09. The summed E-state index contributed by atoms with van der Waals surface area (Å²) in [6.07, 6.45) is 5.55. The van der Waals surface area contributed by atoms with Gasteiger partial charge in [-0.05, 0) is 51.0 Å². The molecule has 3 aromatic rings. The zero-order chi connectivity index (χ0) is 18.8. The number of phenols is 1. The average molecular weight is 365 g/mol. The van der Waals surface area contributed by atoms with Gasteiger partial charge in [-0.2, -0.15) is 5.10 Å². The zero-order valence-corrected chi connectivity index (χ0v) is 15.4. The van der Waals surface area contributed by atoms with Gasteiger partial charge in [0.25, 0.3) is 0 Å². The summed E-state index contributed by atoms with van der Waals surface area (Å²) < 4.78 is 7.69. The first-order valence-electron chi connectivity index (χ1n) is 9.18. The van der Waals surface area contributed by atoms with Crippen molar-refractivity contribution >= 4 is 0 Å². The van der Waals surface area contributed by atoms with Gasteiger partial charge in [-0.15, -0.1) is 10.2 Å². The average Bonchev–Trinajstić information content (AvgIpc) is 3.16. The summed E-state index contributed by atoms with van der Waals surface area (Å²) in [4.78, 5) is 0. The molecule has 1 fully saturated rings. The molecule has 140 valence electrons. The summed E-state index contributed by atoms with van der Waals surface area (Å²) in [5, 5.41) is 26.5. The fourth-order valence-corrected chi connectivity index (χ4v) is 3.60. The molecule has 3 heterocycles. The number of aromatic hydroxyl groups is 1. The Labute approximate surface area is 158 Å². The van der Waals surface area contributed by atoms with E-state index in [1.807, 2.05) is 30.5 Å². The van der Waals surface area contributed by atoms with Gasteiger partial charge in [0.15, 0.2) is 0 Å². The Morgan fingerprint density at radius 2 is 1.93 bits per heavy atom. The summed E-state index contributed by atoms with van der Waals surface area (Å²) in [6.45, 7) is 4.33. The van der Waals surface area contributed by atoms with Crippen molar-refractivity contribution in [3.8, 4) is 28.6 Å². The van der Waals surface area contributed by atoms with Crippen LogP contribution in [0.3, 0.4) is 0 Å². The number of rotatable bonds is 4. The second-order valence-corrected chi connectivity index (χ2v) is 7.09. The maximum absolute atomic E-state index is 10.4. The molecule has 0 radical (unpaired) electrons. The number of benzene rings is 1. The van der Waals surface area contributed by atoms with Crippen molar-refractivity contribution in [2.24, 2.45) is 0 Å². The molecule has 1 aliphatic heterocycles. The summed E-state index contributed by atoms with van der Waals surface area (Å²) in [5.41, 5.74) is 2.00. The standard InChI is InChI=1S/C20H23N5O2/c1-13-10-16(11-14(2)22-13)27-20-7-6-18(23-24-20)17-5-4-15(12-19(17)26)25-9-3-8-21-25/h3-9,12-14,16,22,26H,10-11H2,1-2H3/t13-,14+,16+. The monoisotopic (exact) mass is 365 g/mol. The lowest BCUT2D eigenvalue weighted by Gasteiger charge is -2.32. The predicted molar refractivity (Wildman–Crippen MR) is 102 cm³/mol. The fraction of sp³-hybridized carbons (Fsp3) is 0.350. The van der Waals surface area contributed by atoms with E-state index in [0.717, 1.165) is 18.5 Å². The maximum Gasteiger partial charge on any atom is 0.233 e. The van der Waals surface area contributed by atoms with E-state index >= 15 is 0 Å². The number of phenolic OH excluding ortho intramolecular Hbond substituents is 1. The molecule has 4 rings (SSSR count). The fourth-order valence-electron chi connectivity index (χ4n) is 3.60. The molecule has 2 aromatic heterocycles. The molecule has 0 saturated carbocycles. The highest BCUT2D eigenvalue weighted by Crippen LogP contribution is 2.30. The number of nitrogens with one attached hydrogen (secondary N) is 1. The van der Waals surface area contributed by atoms with Gasteiger partial charge < -0.3 is 15.2 Å². The first-order valence-corrected chi connectivity index (χ1v) is 9.18. The second kappa shape index (κ2) is 7.36. The third-order valence-electron chi connectivity index (χ3n) is 4.76. The van der Waals surface area contributed by atoms with E-state index in [1.165, 1.54) is 0 Å². The zero-order valence-electron chi connectivity index (χ0n) is 15.4. The number of hydrogen-bond donors (Lipinski definition) is 2. The number of hydrogen-bond acceptors (Lipinski definition) is 6. The minimum Gasteiger partial charge on any atom is -0.507 e. The van der Waals surface area contributed by atoms with Gasteiger partial charge in [0.05, 0.1) is 11.4 Å². The molecule has 1 saturated heterocycles. The summed E-state index contributed by atoms with van der Waals surface area (Å²) >= 11 is 0. The van der Waals surface area contributed by atoms with E-state index < -0.39 is 0 Å². The van der Waals surface area contributed by atoms with Gasteiger partial charge in [0, 0.05) is 42.2 Å². The molecule has 3 atom stereocenters. The Morgan fingerprint density at radius 3 is 2.56 bits per heavy atom. The van der Waals surface area contributed by atoms with E-state index in [2.05, 4.69) is 34.5 Å². The molecule has 1 aromatic carbocycles. The highest BCUT2D eigenvalue weighted by Gasteiger charge is 2.25. The lowest BCUT2D eigenvalue weighted by Crippen LogP contribution is -2.46. The number of ether oxygens (including phenoxy) is 1. The molecule has 0 spiro atoms. The predicted octanol–water partition coefficient (Wildman–Crippen LogP) is 2.94. The molecular formula is C20H23N5O2. The van der Waals surface area contributed by atoms with Crippen LogP contribution in [-0.4, -0.2) is 43.3 Å². The normalized spacial score (nSPS) is 22.5. The molecule has 0 amide bonds. The van der Waals surface area contributed by atoms with Crippen molar-refractivity contribution in [3.05, 3.63) is 48.8 Å². The minimum absolute atomic E-state index is 0.131. The van der Waals surface area contributed by atoms with Crippen LogP contribution < -0.4 is 10.1 Å². The molecule has 7 nitrogen and oxygen atoms in total. The van der Waals surface area contributed by atoms with Gasteiger partial charge in [0.1, 0.15) is 11.9 Å². The van der Waals surface area contributed by atoms with Crippen molar-refractivity contribution in [1.82, 2.24) is 25.3 Å². The molecule has 0 unspecified atom stereocenters. The highest BCUT2D eigenvalue weighted by atomic mass is 16.5. The van der Waals surface area contributed by atoms with Crippen molar-refractivity contribution < 1.29 is 9.84 Å². The largest absolute Gasteiger partial charge is 0.507 e. The van der Waals surface area contributed by atoms with E-state index in [0.29, 0.717) is 29.2 Å². The Kier molecular flexibility index (Phi) is 4.77. The summed E-state index contributed by atoms with van der Waals surface area (Å²) in [6, 6.07) is 11.7. The number of piperidine rings is 1. The minimum atomic E-state index is 0.131. The van der Waals surface area contributed by atoms with Gasteiger partial charge in [-0.1, -0.05) is 0 Å². The van der Waals surface area contributed by atoms with E-state index in [9.17, 15) is 5.11 Å². The van der Waals surface area contributed by atoms with Crippen molar-refractivity contribution in [3.63, 3.8) is 0 Å². The Bertz CT molecular complexity index is 885. The molecule has 0 bridgehead atoms. The van der Waals surface area contributed by atoms with E-state index in [4.69, 9.17) is 4.74 Å². The molecule has 27 heavy (non-hydrogen) atoms. The van der Waals surface area contributed by atoms with Gasteiger partial charge >= 0.3 is 0 Å². The Hall–Kier alpha value is -2.93. The van der Waals surface area contributed by atoms with E-state index in [1.54, 1.807) is 23.0 Å². The number of nitrogens with zero attached hydrogens (tertiary/aromatic N) is 4. The Morgan fingerprint density at radius 1 is 1.11 bits per heavy atom. The summed E-state index contributed by atoms with van der Waals surface area (Å²) in [5.74, 6) is 0.643. The van der Waals surface area contributed by atoms with Gasteiger partial charge in [-0.25, -0.2) is 4.68 Å². The van der Waals surface area contributed by atoms with Crippen molar-refractivity contribution in [2.45, 2.75) is 44.9 Å². The lowest BCUT2D eigenvalue weighted by atomic mass is 9.98. The summed E-state index contributed by atoms with van der Waals surface area (Å²) in [7, 11) is 0. The van der Waals surface area contributed by atoms with Gasteiger partial charge in [-0.3, -0.25) is 0 Å². The lowest BCUT2D eigenvalue weighted by molar-refractivity contribution is 0.117. The molecule has 2 N–H and O–H groups in total. The third kappa shape index (κ3) is 3.93. The van der Waals surface area contributed by atoms with Crippen LogP contribution in [0.25, 0.3) is 16.9 Å². The first kappa shape index (κ1) is 17.5. The van der Waals surface area contributed by atoms with Gasteiger partial charge in [0.2, 0.25) is 5.88 Å². The first-order chi connectivity index (χ1) is 13.1. The van der Waals surface area contributed by atoms with Crippen LogP contribution in [0.4, 0.5) is 0 Å². The maximum atomic E-state index is 10.4. The highest BCUT2D eigenvalue weighted by molar-refractivity contribution is 5.68. The van der Waals surface area contributed by atoms with Crippen molar-refractivity contribution in [2.75, 3.05) is 0 Å². The molecule has 1 aliphatic rings. The third-order valence-corrected chi connectivity index (χ3v) is 4.76. The quantitative estimate of drug-likeness (QED) is 0.739. The molecular weight excluding hydrogens is 342 g/mol. The van der Waals surface area contributed by atoms with Crippen molar-refractivity contribution in [1.29, 1.82) is 0 Å². The van der Waals surface area contributed by atoms with Crippen LogP contribution in [-0.2, 0) is 0 Å². The van der Waals surface area contributed by atoms with E-state index in [-0.39, 0.29) is 11.9 Å². The van der Waals surface area contributed by atoms with Crippen LogP contribution in [0.2, 0.25) is 0 Å². The molecule has 0 aliphatic carbocycles. The van der Waals surface area contributed by atoms with Crippen LogP contribution in [0, 0.1) is 0 Å². The topological polar surface area (TPSA) is 85.1 Å². The van der Waals surface area contributed by atoms with Crippen LogP contribution >= 0.6 is 0 Å². The SMILES string of the molecule is C[C@@H]1C[C@H](Oc2ccc(-c3ccc(-n4cccn4)cc3O)nn2)C[C@H](C)N1. The molecule has 7 heteroatoms. The number of aromatic nitrogens is 4. The van der Waals surface area contributed by atoms with Crippen LogP contribution in [0.1, 0.15) is 26.7 Å². The Balaban J connectivity index is 1.49.